The number of methoxy groups -OCH3 is 1. The average molecular weight is 428 g/mol. The molecule has 1 N–H and O–H groups in total. The number of hydrogen-bond donors (Lipinski definition) is 1. The summed E-state index contributed by atoms with van der Waals surface area (Å²) in [5.74, 6) is -0.954. The minimum absolute atomic E-state index is 0.0651. The maximum absolute atomic E-state index is 10.9. The highest BCUT2D eigenvalue weighted by molar-refractivity contribution is 5.87. The molecule has 0 aromatic heterocycles. The van der Waals surface area contributed by atoms with Gasteiger partial charge in [-0.15, -0.1) is 0 Å². The minimum Gasteiger partial charge on any atom is -0.466 e. The molecule has 0 aliphatic rings. The van der Waals surface area contributed by atoms with E-state index in [9.17, 15) is 14.4 Å². The third kappa shape index (κ3) is 25.6. The van der Waals surface area contributed by atoms with Gasteiger partial charge in [0.2, 0.25) is 0 Å². The fourth-order valence-corrected chi connectivity index (χ4v) is 1.30. The van der Waals surface area contributed by atoms with Crippen molar-refractivity contribution in [3.63, 3.8) is 0 Å². The largest absolute Gasteiger partial charge is 0.466 e. The van der Waals surface area contributed by atoms with Crippen LogP contribution >= 0.6 is 0 Å². The molecule has 30 heavy (non-hydrogen) atoms. The van der Waals surface area contributed by atoms with Gasteiger partial charge in [0, 0.05) is 28.8 Å². The van der Waals surface area contributed by atoms with Crippen molar-refractivity contribution in [3.8, 4) is 0 Å². The van der Waals surface area contributed by atoms with E-state index in [1.165, 1.54) is 7.11 Å². The molecule has 7 nitrogen and oxygen atoms in total. The minimum atomic E-state index is -0.347. The topological polar surface area (TPSA) is 90.9 Å². The lowest BCUT2D eigenvalue weighted by atomic mass is 10.1. The first-order valence-corrected chi connectivity index (χ1v) is 9.83. The zero-order chi connectivity index (χ0) is 24.3. The van der Waals surface area contributed by atoms with Crippen LogP contribution in [0.2, 0.25) is 0 Å². The number of ether oxygens (including phenoxy) is 3. The maximum atomic E-state index is 10.9. The fourth-order valence-electron chi connectivity index (χ4n) is 1.30. The van der Waals surface area contributed by atoms with Gasteiger partial charge in [0.05, 0.1) is 13.7 Å². The Hall–Kier alpha value is -2.41. The summed E-state index contributed by atoms with van der Waals surface area (Å²) >= 11 is 0. The van der Waals surface area contributed by atoms with E-state index < -0.39 is 0 Å². The van der Waals surface area contributed by atoms with Gasteiger partial charge in [-0.05, 0) is 48.0 Å². The molecule has 0 aliphatic heterocycles. The summed E-state index contributed by atoms with van der Waals surface area (Å²) in [4.78, 5) is 31.8. The Labute approximate surface area is 182 Å². The first-order valence-electron chi connectivity index (χ1n) is 9.83. The van der Waals surface area contributed by atoms with Crippen molar-refractivity contribution in [3.05, 3.63) is 36.5 Å². The molecule has 7 heteroatoms. The number of hydrogen-bond acceptors (Lipinski definition) is 7. The number of esters is 3. The summed E-state index contributed by atoms with van der Waals surface area (Å²) in [5.41, 5.74) is 1.41. The number of carbonyl (C=O) groups is 3. The molecule has 0 fully saturated rings. The van der Waals surface area contributed by atoms with Crippen LogP contribution in [0.1, 0.15) is 61.3 Å². The Bertz CT molecular complexity index is 573. The quantitative estimate of drug-likeness (QED) is 0.256. The maximum Gasteiger partial charge on any atom is 0.333 e. The summed E-state index contributed by atoms with van der Waals surface area (Å²) in [7, 11) is 1.33. The number of rotatable bonds is 9. The van der Waals surface area contributed by atoms with Gasteiger partial charge < -0.3 is 19.5 Å². The molecule has 0 rings (SSSR count). The Morgan fingerprint density at radius 3 is 1.47 bits per heavy atom. The smallest absolute Gasteiger partial charge is 0.333 e. The molecule has 0 unspecified atom stereocenters. The van der Waals surface area contributed by atoms with E-state index in [4.69, 9.17) is 9.47 Å². The molecular weight excluding hydrogens is 386 g/mol. The van der Waals surface area contributed by atoms with Gasteiger partial charge in [0.1, 0.15) is 6.61 Å². The van der Waals surface area contributed by atoms with Gasteiger partial charge in [0.25, 0.3) is 0 Å². The second-order valence-electron chi connectivity index (χ2n) is 7.63. The standard InChI is InChI=1S/C10H19NO2.C8H14O2.C5H8O2/c1-8(2)9(12)13-7-6-11-10(3,4)5;1-4-5-6-10-8(9)7(2)3;1-4(2)5(6)7-3/h11H,1,6-7H2,2-5H3;2,4-6H2,1,3H3;1H2,2-3H3. The third-order valence-electron chi connectivity index (χ3n) is 2.95. The highest BCUT2D eigenvalue weighted by Gasteiger charge is 2.08. The van der Waals surface area contributed by atoms with Crippen molar-refractivity contribution >= 4 is 17.9 Å². The average Bonchev–Trinajstić information content (AvgIpc) is 2.64. The van der Waals surface area contributed by atoms with E-state index in [-0.39, 0.29) is 23.4 Å². The molecule has 0 aromatic carbocycles. The zero-order valence-electron chi connectivity index (χ0n) is 20.1. The molecular formula is C23H41NO6. The van der Waals surface area contributed by atoms with Crippen LogP contribution in [0.15, 0.2) is 36.5 Å². The third-order valence-corrected chi connectivity index (χ3v) is 2.95. The highest BCUT2D eigenvalue weighted by Crippen LogP contribution is 1.97. The van der Waals surface area contributed by atoms with Crippen molar-refractivity contribution in [2.75, 3.05) is 26.9 Å². The van der Waals surface area contributed by atoms with Gasteiger partial charge in [-0.2, -0.15) is 0 Å². The van der Waals surface area contributed by atoms with E-state index in [0.29, 0.717) is 36.5 Å². The molecule has 0 aromatic rings. The van der Waals surface area contributed by atoms with Gasteiger partial charge in [-0.1, -0.05) is 33.1 Å². The molecule has 0 heterocycles. The van der Waals surface area contributed by atoms with Crippen molar-refractivity contribution in [1.82, 2.24) is 5.32 Å². The summed E-state index contributed by atoms with van der Waals surface area (Å²) in [6, 6.07) is 0. The number of unbranched alkanes of at least 4 members (excludes halogenated alkanes) is 1. The number of carbonyl (C=O) groups excluding carboxylic acids is 3. The van der Waals surface area contributed by atoms with Crippen LogP contribution in [0.4, 0.5) is 0 Å². The van der Waals surface area contributed by atoms with Crippen LogP contribution in [0.5, 0.6) is 0 Å². The van der Waals surface area contributed by atoms with Crippen LogP contribution in [-0.2, 0) is 28.6 Å². The summed E-state index contributed by atoms with van der Waals surface area (Å²) < 4.78 is 14.0. The van der Waals surface area contributed by atoms with E-state index in [1.54, 1.807) is 20.8 Å². The van der Waals surface area contributed by atoms with Crippen LogP contribution < -0.4 is 5.32 Å². The van der Waals surface area contributed by atoms with Crippen molar-refractivity contribution < 1.29 is 28.6 Å². The molecule has 0 spiro atoms. The Balaban J connectivity index is -0.000000383. The van der Waals surface area contributed by atoms with Crippen LogP contribution in [-0.4, -0.2) is 50.3 Å². The molecule has 0 amide bonds. The molecule has 0 atom stereocenters. The Kier molecular flexibility index (Phi) is 20.0. The van der Waals surface area contributed by atoms with Gasteiger partial charge >= 0.3 is 17.9 Å². The van der Waals surface area contributed by atoms with E-state index in [0.717, 1.165) is 12.8 Å². The molecule has 0 bridgehead atoms. The highest BCUT2D eigenvalue weighted by atomic mass is 16.5. The van der Waals surface area contributed by atoms with Gasteiger partial charge in [0.15, 0.2) is 0 Å². The van der Waals surface area contributed by atoms with Crippen LogP contribution in [0.25, 0.3) is 0 Å². The van der Waals surface area contributed by atoms with Crippen molar-refractivity contribution in [2.45, 2.75) is 66.8 Å². The van der Waals surface area contributed by atoms with Gasteiger partial charge in [-0.3, -0.25) is 0 Å². The molecule has 0 saturated carbocycles. The van der Waals surface area contributed by atoms with E-state index in [1.807, 2.05) is 0 Å². The lowest BCUT2D eigenvalue weighted by molar-refractivity contribution is -0.139. The monoisotopic (exact) mass is 427 g/mol. The summed E-state index contributed by atoms with van der Waals surface area (Å²) in [5, 5.41) is 3.21. The fraction of sp³-hybridized carbons (Fsp3) is 0.609. The first kappa shape index (κ1) is 32.3. The number of nitrogens with one attached hydrogen (secondary N) is 1. The predicted molar refractivity (Wildman–Crippen MR) is 121 cm³/mol. The summed E-state index contributed by atoms with van der Waals surface area (Å²) in [6.45, 7) is 25.0. The second kappa shape index (κ2) is 18.6. The van der Waals surface area contributed by atoms with E-state index >= 15 is 0 Å². The van der Waals surface area contributed by atoms with Crippen LogP contribution in [0, 0.1) is 0 Å². The first-order chi connectivity index (χ1) is 13.7. The Morgan fingerprint density at radius 2 is 1.20 bits per heavy atom. The normalized spacial score (nSPS) is 9.60. The zero-order valence-corrected chi connectivity index (χ0v) is 20.1. The SMILES string of the molecule is C=C(C)C(=O)OC.C=C(C)C(=O)OCCCC.C=C(C)C(=O)OCCNC(C)(C)C. The van der Waals surface area contributed by atoms with Gasteiger partial charge in [-0.25, -0.2) is 14.4 Å². The lowest BCUT2D eigenvalue weighted by Crippen LogP contribution is -2.38. The molecule has 174 valence electrons. The predicted octanol–water partition coefficient (Wildman–Crippen LogP) is 4.14. The summed E-state index contributed by atoms with van der Waals surface area (Å²) in [6.07, 6.45) is 1.97. The lowest BCUT2D eigenvalue weighted by Gasteiger charge is -2.20. The molecule has 0 radical (unpaired) electrons. The van der Waals surface area contributed by atoms with E-state index in [2.05, 4.69) is 57.5 Å². The van der Waals surface area contributed by atoms with Crippen LogP contribution in [0.3, 0.4) is 0 Å². The molecule has 0 saturated heterocycles. The molecule has 0 aliphatic carbocycles. The van der Waals surface area contributed by atoms with Crippen molar-refractivity contribution in [1.29, 1.82) is 0 Å². The Morgan fingerprint density at radius 1 is 0.800 bits per heavy atom. The second-order valence-corrected chi connectivity index (χ2v) is 7.63. The van der Waals surface area contributed by atoms with Crippen molar-refractivity contribution in [2.24, 2.45) is 0 Å².